The van der Waals surface area contributed by atoms with E-state index in [4.69, 9.17) is 16.6 Å². The highest BCUT2D eigenvalue weighted by atomic mass is 32.1. The van der Waals surface area contributed by atoms with Gasteiger partial charge in [-0.25, -0.2) is 4.68 Å². The van der Waals surface area contributed by atoms with Crippen LogP contribution in [0, 0.1) is 4.84 Å². The van der Waals surface area contributed by atoms with Crippen LogP contribution >= 0.6 is 12.2 Å². The van der Waals surface area contributed by atoms with Crippen LogP contribution in [0.5, 0.6) is 0 Å². The molecule has 2 aromatic heterocycles. The van der Waals surface area contributed by atoms with Crippen LogP contribution in [-0.4, -0.2) is 45.8 Å². The van der Waals surface area contributed by atoms with Crippen molar-refractivity contribution in [2.24, 2.45) is 0 Å². The number of hydrogen-bond acceptors (Lipinski definition) is 6. The third-order valence-corrected chi connectivity index (χ3v) is 3.37. The maximum Gasteiger partial charge on any atom is 0.288 e. The van der Waals surface area contributed by atoms with E-state index in [1.807, 2.05) is 12.1 Å². The van der Waals surface area contributed by atoms with Crippen LogP contribution in [0.2, 0.25) is 0 Å². The largest absolute Gasteiger partial charge is 0.409 e. The molecule has 0 unspecified atom stereocenters. The Balaban J connectivity index is 1.79. The monoisotopic (exact) mass is 277 g/mol. The Morgan fingerprint density at radius 2 is 2.00 bits per heavy atom. The quantitative estimate of drug-likeness (QED) is 0.849. The zero-order chi connectivity index (χ0) is 13.1. The highest BCUT2D eigenvalue weighted by Crippen LogP contribution is 2.16. The first-order valence-corrected chi connectivity index (χ1v) is 6.65. The van der Waals surface area contributed by atoms with Gasteiger partial charge in [0.1, 0.15) is 0 Å². The van der Waals surface area contributed by atoms with Gasteiger partial charge in [0.15, 0.2) is 0 Å². The van der Waals surface area contributed by atoms with Crippen molar-refractivity contribution in [1.29, 1.82) is 0 Å². The van der Waals surface area contributed by atoms with Crippen molar-refractivity contribution >= 4 is 12.2 Å². The normalized spacial score (nSPS) is 16.6. The summed E-state index contributed by atoms with van der Waals surface area (Å²) in [7, 11) is 0. The first-order chi connectivity index (χ1) is 9.33. The molecular formula is C12H15N5OS. The predicted octanol–water partition coefficient (Wildman–Crippen LogP) is 1.13. The van der Waals surface area contributed by atoms with E-state index in [1.165, 1.54) is 0 Å². The Hall–Kier alpha value is -1.57. The highest BCUT2D eigenvalue weighted by molar-refractivity contribution is 7.71. The molecule has 0 amide bonds. The first kappa shape index (κ1) is 12.5. The van der Waals surface area contributed by atoms with Crippen LogP contribution < -0.4 is 5.32 Å². The molecule has 0 spiro atoms. The average molecular weight is 277 g/mol. The van der Waals surface area contributed by atoms with Crippen molar-refractivity contribution < 1.29 is 4.42 Å². The van der Waals surface area contributed by atoms with Crippen molar-refractivity contribution in [3.8, 4) is 11.5 Å². The number of hydrogen-bond donors (Lipinski definition) is 1. The van der Waals surface area contributed by atoms with Crippen LogP contribution in [0.3, 0.4) is 0 Å². The van der Waals surface area contributed by atoms with Crippen molar-refractivity contribution in [2.75, 3.05) is 26.2 Å². The van der Waals surface area contributed by atoms with Gasteiger partial charge in [-0.1, -0.05) is 0 Å². The fraction of sp³-hybridized carbons (Fsp3) is 0.417. The van der Waals surface area contributed by atoms with E-state index in [9.17, 15) is 0 Å². The van der Waals surface area contributed by atoms with E-state index in [1.54, 1.807) is 17.1 Å². The van der Waals surface area contributed by atoms with E-state index in [-0.39, 0.29) is 0 Å². The molecular weight excluding hydrogens is 262 g/mol. The number of rotatable bonds is 3. The second-order valence-electron chi connectivity index (χ2n) is 4.42. The summed E-state index contributed by atoms with van der Waals surface area (Å²) in [6.45, 7) is 4.68. The molecule has 7 heteroatoms. The van der Waals surface area contributed by atoms with Crippen molar-refractivity contribution in [2.45, 2.75) is 6.67 Å². The molecule has 0 atom stereocenters. The molecule has 1 fully saturated rings. The summed E-state index contributed by atoms with van der Waals surface area (Å²) in [6, 6.07) is 3.71. The van der Waals surface area contributed by atoms with Gasteiger partial charge >= 0.3 is 0 Å². The van der Waals surface area contributed by atoms with Crippen LogP contribution in [0.1, 0.15) is 0 Å². The second-order valence-corrected chi connectivity index (χ2v) is 4.77. The summed E-state index contributed by atoms with van der Waals surface area (Å²) in [4.78, 5) is 6.68. The lowest BCUT2D eigenvalue weighted by atomic mass is 10.3. The Bertz CT molecular complexity index is 588. The van der Waals surface area contributed by atoms with E-state index < -0.39 is 0 Å². The van der Waals surface area contributed by atoms with Crippen LogP contribution in [-0.2, 0) is 6.67 Å². The molecule has 1 N–H and O–H groups in total. The lowest BCUT2D eigenvalue weighted by molar-refractivity contribution is 0.180. The molecule has 0 saturated carbocycles. The molecule has 3 heterocycles. The van der Waals surface area contributed by atoms with Crippen LogP contribution in [0.25, 0.3) is 11.5 Å². The Kier molecular flexibility index (Phi) is 3.67. The maximum absolute atomic E-state index is 5.54. The lowest BCUT2D eigenvalue weighted by Gasteiger charge is -2.26. The molecule has 100 valence electrons. The van der Waals surface area contributed by atoms with E-state index >= 15 is 0 Å². The predicted molar refractivity (Wildman–Crippen MR) is 73.0 cm³/mol. The van der Waals surface area contributed by atoms with Crippen molar-refractivity contribution in [3.63, 3.8) is 0 Å². The zero-order valence-corrected chi connectivity index (χ0v) is 11.3. The minimum Gasteiger partial charge on any atom is -0.409 e. The van der Waals surface area contributed by atoms with Gasteiger partial charge in [0, 0.05) is 44.1 Å². The Labute approximate surface area is 116 Å². The highest BCUT2D eigenvalue weighted by Gasteiger charge is 2.13. The standard InChI is InChI=1S/C12H15N5OS/c19-12-17(9-16-7-5-14-6-8-16)15-11(18-12)10-1-3-13-4-2-10/h1-4,14H,5-9H2. The molecule has 0 bridgehead atoms. The van der Waals surface area contributed by atoms with Gasteiger partial charge in [0.05, 0.1) is 6.67 Å². The third kappa shape index (κ3) is 2.89. The number of nitrogens with zero attached hydrogens (tertiary/aromatic N) is 4. The van der Waals surface area contributed by atoms with Crippen molar-refractivity contribution in [1.82, 2.24) is 25.0 Å². The Morgan fingerprint density at radius 1 is 1.26 bits per heavy atom. The topological polar surface area (TPSA) is 59.1 Å². The molecule has 0 radical (unpaired) electrons. The van der Waals surface area contributed by atoms with E-state index in [0.717, 1.165) is 31.7 Å². The van der Waals surface area contributed by atoms with Gasteiger partial charge in [-0.15, -0.1) is 5.10 Å². The number of pyridine rings is 1. The lowest BCUT2D eigenvalue weighted by Crippen LogP contribution is -2.44. The zero-order valence-electron chi connectivity index (χ0n) is 10.5. The Morgan fingerprint density at radius 3 is 2.74 bits per heavy atom. The average Bonchev–Trinajstić information content (AvgIpc) is 2.82. The SMILES string of the molecule is S=c1oc(-c2ccncc2)nn1CN1CCNCC1. The van der Waals surface area contributed by atoms with Gasteiger partial charge in [-0.3, -0.25) is 9.88 Å². The minimum absolute atomic E-state index is 0.408. The second kappa shape index (κ2) is 5.60. The maximum atomic E-state index is 5.54. The van der Waals surface area contributed by atoms with Gasteiger partial charge in [0.25, 0.3) is 4.84 Å². The molecule has 2 aromatic rings. The van der Waals surface area contributed by atoms with Gasteiger partial charge in [-0.05, 0) is 24.4 Å². The van der Waals surface area contributed by atoms with Gasteiger partial charge in [0.2, 0.25) is 5.89 Å². The van der Waals surface area contributed by atoms with E-state index in [0.29, 0.717) is 17.4 Å². The third-order valence-electron chi connectivity index (χ3n) is 3.08. The first-order valence-electron chi connectivity index (χ1n) is 6.24. The fourth-order valence-electron chi connectivity index (χ4n) is 2.05. The molecule has 0 aromatic carbocycles. The van der Waals surface area contributed by atoms with E-state index in [2.05, 4.69) is 20.3 Å². The summed E-state index contributed by atoms with van der Waals surface area (Å²) >= 11 is 5.22. The fourth-order valence-corrected chi connectivity index (χ4v) is 2.23. The molecule has 6 nitrogen and oxygen atoms in total. The molecule has 19 heavy (non-hydrogen) atoms. The summed E-state index contributed by atoms with van der Waals surface area (Å²) < 4.78 is 7.27. The smallest absolute Gasteiger partial charge is 0.288 e. The summed E-state index contributed by atoms with van der Waals surface area (Å²) in [5.41, 5.74) is 0.889. The molecule has 1 saturated heterocycles. The molecule has 1 aliphatic rings. The van der Waals surface area contributed by atoms with Gasteiger partial charge in [-0.2, -0.15) is 0 Å². The number of aromatic nitrogens is 3. The molecule has 0 aliphatic carbocycles. The minimum atomic E-state index is 0.408. The summed E-state index contributed by atoms with van der Waals surface area (Å²) in [5.74, 6) is 0.544. The van der Waals surface area contributed by atoms with Crippen molar-refractivity contribution in [3.05, 3.63) is 29.4 Å². The van der Waals surface area contributed by atoms with Crippen LogP contribution in [0.15, 0.2) is 28.9 Å². The summed E-state index contributed by atoms with van der Waals surface area (Å²) in [5, 5.41) is 7.75. The number of piperazine rings is 1. The number of nitrogens with one attached hydrogen (secondary N) is 1. The van der Waals surface area contributed by atoms with Crippen LogP contribution in [0.4, 0.5) is 0 Å². The molecule has 1 aliphatic heterocycles. The van der Waals surface area contributed by atoms with Gasteiger partial charge < -0.3 is 9.73 Å². The molecule has 3 rings (SSSR count). The summed E-state index contributed by atoms with van der Waals surface area (Å²) in [6.07, 6.45) is 3.42.